The monoisotopic (exact) mass is 238 g/mol. The lowest BCUT2D eigenvalue weighted by molar-refractivity contribution is -0.137. The zero-order valence-electron chi connectivity index (χ0n) is 9.43. The van der Waals surface area contributed by atoms with E-state index in [9.17, 15) is 9.59 Å². The number of carbonyl (C=O) groups excluding carboxylic acids is 1. The normalized spacial score (nSPS) is 9.71. The minimum atomic E-state index is -1.08. The number of hydrogen-bond acceptors (Lipinski definition) is 5. The van der Waals surface area contributed by atoms with Crippen LogP contribution in [-0.4, -0.2) is 40.0 Å². The van der Waals surface area contributed by atoms with Gasteiger partial charge in [0.05, 0.1) is 6.54 Å². The molecule has 0 fully saturated rings. The molecule has 17 heavy (non-hydrogen) atoms. The molecule has 1 amide bonds. The van der Waals surface area contributed by atoms with Crippen LogP contribution in [0.15, 0.2) is 12.4 Å². The Morgan fingerprint density at radius 3 is 2.76 bits per heavy atom. The van der Waals surface area contributed by atoms with Crippen LogP contribution in [0.1, 0.15) is 12.6 Å². The summed E-state index contributed by atoms with van der Waals surface area (Å²) < 4.78 is 0. The van der Waals surface area contributed by atoms with Gasteiger partial charge in [0.25, 0.3) is 0 Å². The topological polar surface area (TPSA) is 104 Å². The van der Waals surface area contributed by atoms with Gasteiger partial charge in [-0.1, -0.05) is 6.92 Å². The number of nitrogens with zero attached hydrogens (tertiary/aromatic N) is 2. The Balaban J connectivity index is 2.39. The van der Waals surface area contributed by atoms with Crippen molar-refractivity contribution >= 4 is 17.7 Å². The molecule has 0 saturated heterocycles. The van der Waals surface area contributed by atoms with Gasteiger partial charge in [0, 0.05) is 11.8 Å². The molecule has 92 valence electrons. The van der Waals surface area contributed by atoms with Gasteiger partial charge in [-0.2, -0.15) is 0 Å². The largest absolute Gasteiger partial charge is 0.480 e. The van der Waals surface area contributed by atoms with Crippen LogP contribution in [-0.2, 0) is 16.0 Å². The van der Waals surface area contributed by atoms with Crippen molar-refractivity contribution in [3.8, 4) is 0 Å². The Labute approximate surface area is 98.3 Å². The first-order chi connectivity index (χ1) is 8.11. The highest BCUT2D eigenvalue weighted by Crippen LogP contribution is 2.03. The number of aromatic nitrogens is 2. The van der Waals surface area contributed by atoms with Gasteiger partial charge in [0.15, 0.2) is 0 Å². The van der Waals surface area contributed by atoms with E-state index in [1.54, 1.807) is 6.07 Å². The van der Waals surface area contributed by atoms with Crippen LogP contribution in [0.3, 0.4) is 0 Å². The van der Waals surface area contributed by atoms with Crippen LogP contribution in [0.5, 0.6) is 0 Å². The van der Waals surface area contributed by atoms with Crippen molar-refractivity contribution < 1.29 is 14.7 Å². The summed E-state index contributed by atoms with van der Waals surface area (Å²) in [6.07, 6.45) is 2.19. The van der Waals surface area contributed by atoms with E-state index in [0.29, 0.717) is 5.82 Å². The number of nitrogens with one attached hydrogen (secondary N) is 2. The Morgan fingerprint density at radius 1 is 1.35 bits per heavy atom. The first-order valence-corrected chi connectivity index (χ1v) is 5.15. The molecule has 0 atom stereocenters. The average Bonchev–Trinajstić information content (AvgIpc) is 2.34. The van der Waals surface area contributed by atoms with Crippen LogP contribution < -0.4 is 10.6 Å². The van der Waals surface area contributed by atoms with Gasteiger partial charge in [-0.05, 0) is 6.42 Å². The second kappa shape index (κ2) is 6.41. The molecule has 0 radical (unpaired) electrons. The number of aliphatic carboxylic acids is 1. The molecule has 0 spiro atoms. The van der Waals surface area contributed by atoms with Crippen molar-refractivity contribution in [1.29, 1.82) is 0 Å². The van der Waals surface area contributed by atoms with E-state index < -0.39 is 11.9 Å². The predicted molar refractivity (Wildman–Crippen MR) is 60.5 cm³/mol. The Morgan fingerprint density at radius 2 is 2.12 bits per heavy atom. The van der Waals surface area contributed by atoms with Gasteiger partial charge < -0.3 is 15.7 Å². The van der Waals surface area contributed by atoms with Gasteiger partial charge in [0.1, 0.15) is 18.7 Å². The first kappa shape index (κ1) is 12.9. The lowest BCUT2D eigenvalue weighted by Crippen LogP contribution is -2.34. The second-order valence-corrected chi connectivity index (χ2v) is 3.27. The Bertz CT molecular complexity index is 408. The van der Waals surface area contributed by atoms with Crippen molar-refractivity contribution in [2.45, 2.75) is 13.3 Å². The van der Waals surface area contributed by atoms with Gasteiger partial charge in [-0.25, -0.2) is 9.97 Å². The van der Waals surface area contributed by atoms with Crippen molar-refractivity contribution in [2.24, 2.45) is 0 Å². The molecule has 0 aliphatic rings. The Kier molecular flexibility index (Phi) is 4.86. The summed E-state index contributed by atoms with van der Waals surface area (Å²) in [7, 11) is 0. The maximum Gasteiger partial charge on any atom is 0.322 e. The van der Waals surface area contributed by atoms with Crippen LogP contribution in [0.2, 0.25) is 0 Å². The summed E-state index contributed by atoms with van der Waals surface area (Å²) in [5.74, 6) is -0.931. The summed E-state index contributed by atoms with van der Waals surface area (Å²) in [4.78, 5) is 29.4. The van der Waals surface area contributed by atoms with Crippen molar-refractivity contribution in [1.82, 2.24) is 15.3 Å². The van der Waals surface area contributed by atoms with E-state index in [-0.39, 0.29) is 13.1 Å². The van der Waals surface area contributed by atoms with Crippen molar-refractivity contribution in [2.75, 3.05) is 18.4 Å². The number of anilines is 1. The van der Waals surface area contributed by atoms with E-state index >= 15 is 0 Å². The highest BCUT2D eigenvalue weighted by Gasteiger charge is 2.04. The standard InChI is InChI=1S/C10H14N4O3/c1-2-7-3-8(14-6-13-7)11-4-9(15)12-5-10(16)17/h3,6H,2,4-5H2,1H3,(H,12,15)(H,16,17)(H,11,13,14). The van der Waals surface area contributed by atoms with E-state index in [0.717, 1.165) is 12.1 Å². The van der Waals surface area contributed by atoms with Crippen molar-refractivity contribution in [3.05, 3.63) is 18.1 Å². The molecule has 0 saturated carbocycles. The fourth-order valence-electron chi connectivity index (χ4n) is 1.10. The first-order valence-electron chi connectivity index (χ1n) is 5.15. The fraction of sp³-hybridized carbons (Fsp3) is 0.400. The number of carboxylic acids is 1. The third-order valence-corrected chi connectivity index (χ3v) is 1.95. The maximum absolute atomic E-state index is 11.2. The number of amides is 1. The summed E-state index contributed by atoms with van der Waals surface area (Å²) in [5, 5.41) is 13.4. The van der Waals surface area contributed by atoms with Crippen LogP contribution >= 0.6 is 0 Å². The van der Waals surface area contributed by atoms with Gasteiger partial charge in [-0.15, -0.1) is 0 Å². The van der Waals surface area contributed by atoms with E-state index in [1.807, 2.05) is 6.92 Å². The molecule has 1 aromatic heterocycles. The molecule has 1 heterocycles. The Hall–Kier alpha value is -2.18. The van der Waals surface area contributed by atoms with Gasteiger partial charge >= 0.3 is 5.97 Å². The fourth-order valence-corrected chi connectivity index (χ4v) is 1.10. The number of carbonyl (C=O) groups is 2. The third kappa shape index (κ3) is 4.92. The summed E-state index contributed by atoms with van der Waals surface area (Å²) in [5.41, 5.74) is 0.869. The molecule has 0 bridgehead atoms. The number of aryl methyl sites for hydroxylation is 1. The summed E-state index contributed by atoms with van der Waals surface area (Å²) in [6, 6.07) is 1.74. The molecule has 7 nitrogen and oxygen atoms in total. The second-order valence-electron chi connectivity index (χ2n) is 3.27. The van der Waals surface area contributed by atoms with E-state index in [4.69, 9.17) is 5.11 Å². The lowest BCUT2D eigenvalue weighted by Gasteiger charge is -2.06. The number of rotatable bonds is 6. The zero-order valence-corrected chi connectivity index (χ0v) is 9.43. The smallest absolute Gasteiger partial charge is 0.322 e. The molecule has 0 unspecified atom stereocenters. The summed E-state index contributed by atoms with van der Waals surface area (Å²) >= 11 is 0. The molecular formula is C10H14N4O3. The molecule has 1 rings (SSSR count). The molecule has 7 heteroatoms. The summed E-state index contributed by atoms with van der Waals surface area (Å²) in [6.45, 7) is 1.56. The van der Waals surface area contributed by atoms with Gasteiger partial charge in [-0.3, -0.25) is 9.59 Å². The van der Waals surface area contributed by atoms with Crippen LogP contribution in [0.4, 0.5) is 5.82 Å². The quantitative estimate of drug-likeness (QED) is 0.626. The zero-order chi connectivity index (χ0) is 12.7. The van der Waals surface area contributed by atoms with Crippen LogP contribution in [0.25, 0.3) is 0 Å². The molecule has 0 aliphatic heterocycles. The van der Waals surface area contributed by atoms with Crippen LogP contribution in [0, 0.1) is 0 Å². The lowest BCUT2D eigenvalue weighted by atomic mass is 10.3. The van der Waals surface area contributed by atoms with Gasteiger partial charge in [0.2, 0.25) is 5.91 Å². The minimum Gasteiger partial charge on any atom is -0.480 e. The minimum absolute atomic E-state index is 0.0204. The number of carboxylic acid groups (broad SMARTS) is 1. The molecular weight excluding hydrogens is 224 g/mol. The predicted octanol–water partition coefficient (Wildman–Crippen LogP) is -0.348. The molecule has 0 aromatic carbocycles. The molecule has 0 aliphatic carbocycles. The number of hydrogen-bond donors (Lipinski definition) is 3. The maximum atomic E-state index is 11.2. The van der Waals surface area contributed by atoms with E-state index in [2.05, 4.69) is 20.6 Å². The highest BCUT2D eigenvalue weighted by atomic mass is 16.4. The average molecular weight is 238 g/mol. The highest BCUT2D eigenvalue weighted by molar-refractivity contribution is 5.84. The van der Waals surface area contributed by atoms with E-state index in [1.165, 1.54) is 6.33 Å². The SMILES string of the molecule is CCc1cc(NCC(=O)NCC(=O)O)ncn1. The van der Waals surface area contributed by atoms with Crippen molar-refractivity contribution in [3.63, 3.8) is 0 Å². The third-order valence-electron chi connectivity index (χ3n) is 1.95. The molecule has 1 aromatic rings. The molecule has 3 N–H and O–H groups in total.